The van der Waals surface area contributed by atoms with E-state index < -0.39 is 0 Å². The molecule has 0 atom stereocenters. The number of benzene rings is 1. The molecule has 1 aliphatic rings. The second kappa shape index (κ2) is 7.14. The first-order chi connectivity index (χ1) is 11.6. The highest BCUT2D eigenvalue weighted by atomic mass is 16.5. The van der Waals surface area contributed by atoms with Crippen molar-refractivity contribution in [1.82, 2.24) is 0 Å². The summed E-state index contributed by atoms with van der Waals surface area (Å²) in [6.45, 7) is 7.86. The molecule has 4 nitrogen and oxygen atoms in total. The third-order valence-corrected chi connectivity index (χ3v) is 4.36. The van der Waals surface area contributed by atoms with Crippen molar-refractivity contribution in [3.05, 3.63) is 53.2 Å². The van der Waals surface area contributed by atoms with Gasteiger partial charge in [0.25, 0.3) is 0 Å². The van der Waals surface area contributed by atoms with Gasteiger partial charge < -0.3 is 18.3 Å². The van der Waals surface area contributed by atoms with Crippen molar-refractivity contribution in [2.75, 3.05) is 7.11 Å². The fourth-order valence-corrected chi connectivity index (χ4v) is 2.90. The number of hydrogen-bond donors (Lipinski definition) is 0. The maximum absolute atomic E-state index is 5.47. The molecule has 0 fully saturated rings. The molecule has 0 N–H and O–H groups in total. The van der Waals surface area contributed by atoms with Crippen LogP contribution in [-0.2, 0) is 24.4 Å². The standard InChI is InChI=1S/C12H14O2.C8H10O2/c1-8(2)11-7-14-12-6-9(13-3)4-5-10(11)12;1-2-6-3-10-8-5-9-4-7(6)8/h4-8H,1-3H3;3H,2,4-5H2,1H3. The largest absolute Gasteiger partial charge is 0.497 e. The quantitative estimate of drug-likeness (QED) is 0.642. The first-order valence-electron chi connectivity index (χ1n) is 8.35. The van der Waals surface area contributed by atoms with E-state index in [4.69, 9.17) is 18.3 Å². The van der Waals surface area contributed by atoms with E-state index >= 15 is 0 Å². The zero-order valence-electron chi connectivity index (χ0n) is 14.7. The third-order valence-electron chi connectivity index (χ3n) is 4.36. The molecule has 0 bridgehead atoms. The molecular weight excluding hydrogens is 304 g/mol. The smallest absolute Gasteiger partial charge is 0.137 e. The van der Waals surface area contributed by atoms with Gasteiger partial charge in [-0.3, -0.25) is 0 Å². The number of hydrogen-bond acceptors (Lipinski definition) is 4. The zero-order chi connectivity index (χ0) is 17.1. The lowest BCUT2D eigenvalue weighted by Gasteiger charge is -2.01. The summed E-state index contributed by atoms with van der Waals surface area (Å²) < 4.78 is 21.1. The van der Waals surface area contributed by atoms with E-state index in [1.54, 1.807) is 7.11 Å². The van der Waals surface area contributed by atoms with Crippen LogP contribution in [0.15, 0.2) is 39.6 Å². The predicted molar refractivity (Wildman–Crippen MR) is 93.4 cm³/mol. The Labute approximate surface area is 142 Å². The van der Waals surface area contributed by atoms with E-state index in [1.165, 1.54) is 22.1 Å². The maximum Gasteiger partial charge on any atom is 0.137 e. The van der Waals surface area contributed by atoms with E-state index in [0.29, 0.717) is 12.5 Å². The van der Waals surface area contributed by atoms with Crippen molar-refractivity contribution < 1.29 is 18.3 Å². The minimum atomic E-state index is 0.490. The van der Waals surface area contributed by atoms with Gasteiger partial charge in [0, 0.05) is 22.6 Å². The van der Waals surface area contributed by atoms with Crippen molar-refractivity contribution in [3.63, 3.8) is 0 Å². The van der Waals surface area contributed by atoms with Crippen LogP contribution in [0.25, 0.3) is 11.0 Å². The van der Waals surface area contributed by atoms with Crippen molar-refractivity contribution in [3.8, 4) is 5.75 Å². The lowest BCUT2D eigenvalue weighted by molar-refractivity contribution is 0.123. The molecule has 0 saturated heterocycles. The Kier molecular flexibility index (Phi) is 4.95. The highest BCUT2D eigenvalue weighted by molar-refractivity contribution is 5.82. The van der Waals surface area contributed by atoms with Crippen LogP contribution in [0.1, 0.15) is 49.1 Å². The second-order valence-electron chi connectivity index (χ2n) is 6.22. The molecule has 24 heavy (non-hydrogen) atoms. The van der Waals surface area contributed by atoms with Crippen molar-refractivity contribution >= 4 is 11.0 Å². The summed E-state index contributed by atoms with van der Waals surface area (Å²) in [5, 5.41) is 1.18. The highest BCUT2D eigenvalue weighted by Crippen LogP contribution is 2.29. The Bertz CT molecular complexity index is 810. The molecule has 2 aromatic heterocycles. The van der Waals surface area contributed by atoms with Gasteiger partial charge in [0.2, 0.25) is 0 Å². The molecule has 0 amide bonds. The van der Waals surface area contributed by atoms with Gasteiger partial charge in [-0.1, -0.05) is 20.8 Å². The van der Waals surface area contributed by atoms with E-state index in [2.05, 4.69) is 20.8 Å². The normalized spacial score (nSPS) is 13.0. The van der Waals surface area contributed by atoms with Gasteiger partial charge in [0.15, 0.2) is 0 Å². The van der Waals surface area contributed by atoms with Gasteiger partial charge in [-0.2, -0.15) is 0 Å². The summed E-state index contributed by atoms with van der Waals surface area (Å²) in [6.07, 6.45) is 4.71. The van der Waals surface area contributed by atoms with Crippen molar-refractivity contribution in [2.24, 2.45) is 0 Å². The average Bonchev–Trinajstić information content (AvgIpc) is 3.29. The Morgan fingerprint density at radius 2 is 1.96 bits per heavy atom. The lowest BCUT2D eigenvalue weighted by Crippen LogP contribution is -1.84. The first-order valence-corrected chi connectivity index (χ1v) is 8.35. The minimum absolute atomic E-state index is 0.490. The number of rotatable bonds is 3. The zero-order valence-corrected chi connectivity index (χ0v) is 14.7. The van der Waals surface area contributed by atoms with E-state index in [1.807, 2.05) is 30.7 Å². The number of aryl methyl sites for hydroxylation is 1. The molecule has 1 aromatic carbocycles. The van der Waals surface area contributed by atoms with Crippen LogP contribution in [0.4, 0.5) is 0 Å². The van der Waals surface area contributed by atoms with Crippen LogP contribution >= 0.6 is 0 Å². The van der Waals surface area contributed by atoms with Crippen LogP contribution in [-0.4, -0.2) is 7.11 Å². The van der Waals surface area contributed by atoms with Crippen LogP contribution in [0.3, 0.4) is 0 Å². The molecular formula is C20H24O4. The highest BCUT2D eigenvalue weighted by Gasteiger charge is 2.17. The molecule has 4 heteroatoms. The fraction of sp³-hybridized carbons (Fsp3) is 0.400. The van der Waals surface area contributed by atoms with E-state index in [0.717, 1.165) is 30.1 Å². The summed E-state index contributed by atoms with van der Waals surface area (Å²) in [6, 6.07) is 5.93. The minimum Gasteiger partial charge on any atom is -0.497 e. The summed E-state index contributed by atoms with van der Waals surface area (Å²) in [5.74, 6) is 2.35. The third kappa shape index (κ3) is 3.20. The Morgan fingerprint density at radius 3 is 2.67 bits per heavy atom. The molecule has 0 saturated carbocycles. The summed E-state index contributed by atoms with van der Waals surface area (Å²) in [5.41, 5.74) is 4.73. The van der Waals surface area contributed by atoms with Crippen LogP contribution in [0, 0.1) is 0 Å². The Morgan fingerprint density at radius 1 is 1.12 bits per heavy atom. The topological polar surface area (TPSA) is 44.7 Å². The number of ether oxygens (including phenoxy) is 2. The predicted octanol–water partition coefficient (Wildman–Crippen LogP) is 5.44. The summed E-state index contributed by atoms with van der Waals surface area (Å²) in [4.78, 5) is 0. The van der Waals surface area contributed by atoms with Gasteiger partial charge in [0.05, 0.1) is 26.2 Å². The number of methoxy groups -OCH3 is 1. The van der Waals surface area contributed by atoms with Crippen LogP contribution in [0.5, 0.6) is 5.75 Å². The van der Waals surface area contributed by atoms with Gasteiger partial charge in [-0.25, -0.2) is 0 Å². The fourth-order valence-electron chi connectivity index (χ4n) is 2.90. The molecule has 0 radical (unpaired) electrons. The molecule has 3 aromatic rings. The van der Waals surface area contributed by atoms with Gasteiger partial charge in [-0.15, -0.1) is 0 Å². The van der Waals surface area contributed by atoms with Crippen LogP contribution in [0.2, 0.25) is 0 Å². The molecule has 0 aliphatic carbocycles. The first kappa shape index (κ1) is 16.7. The summed E-state index contributed by atoms with van der Waals surface area (Å²) >= 11 is 0. The molecule has 4 rings (SSSR count). The van der Waals surface area contributed by atoms with E-state index in [-0.39, 0.29) is 0 Å². The van der Waals surface area contributed by atoms with Gasteiger partial charge in [-0.05, 0) is 30.0 Å². The molecule has 128 valence electrons. The SMILES string of the molecule is CCc1coc2c1COC2.COc1ccc2c(C(C)C)coc2c1. The lowest BCUT2D eigenvalue weighted by atomic mass is 10.0. The molecule has 1 aliphatic heterocycles. The molecule has 3 heterocycles. The monoisotopic (exact) mass is 328 g/mol. The Hall–Kier alpha value is -2.20. The molecule has 0 unspecified atom stereocenters. The number of fused-ring (bicyclic) bond motifs is 2. The van der Waals surface area contributed by atoms with Gasteiger partial charge >= 0.3 is 0 Å². The Balaban J connectivity index is 0.000000149. The van der Waals surface area contributed by atoms with Crippen molar-refractivity contribution in [2.45, 2.75) is 46.3 Å². The maximum atomic E-state index is 5.47. The number of furan rings is 2. The average molecular weight is 328 g/mol. The van der Waals surface area contributed by atoms with Crippen molar-refractivity contribution in [1.29, 1.82) is 0 Å². The van der Waals surface area contributed by atoms with Gasteiger partial charge in [0.1, 0.15) is 23.7 Å². The summed E-state index contributed by atoms with van der Waals surface area (Å²) in [7, 11) is 1.66. The van der Waals surface area contributed by atoms with Crippen LogP contribution < -0.4 is 4.74 Å². The molecule has 0 spiro atoms. The second-order valence-corrected chi connectivity index (χ2v) is 6.22. The van der Waals surface area contributed by atoms with E-state index in [9.17, 15) is 0 Å².